The van der Waals surface area contributed by atoms with E-state index in [1.54, 1.807) is 32.4 Å². The van der Waals surface area contributed by atoms with E-state index in [2.05, 4.69) is 4.74 Å². The molecule has 0 saturated heterocycles. The predicted molar refractivity (Wildman–Crippen MR) is 58.8 cm³/mol. The van der Waals surface area contributed by atoms with Gasteiger partial charge in [-0.05, 0) is 12.1 Å². The topological polar surface area (TPSA) is 38.8 Å². The molecule has 0 unspecified atom stereocenters. The summed E-state index contributed by atoms with van der Waals surface area (Å²) in [4.78, 5) is 12.6. The summed E-state index contributed by atoms with van der Waals surface area (Å²) in [6, 6.07) is 5.05. The highest BCUT2D eigenvalue weighted by molar-refractivity contribution is 6.33. The largest absolute Gasteiger partial charge is 0.497 e. The van der Waals surface area contributed by atoms with Crippen molar-refractivity contribution in [2.75, 3.05) is 26.2 Å². The van der Waals surface area contributed by atoms with Crippen LogP contribution < -0.4 is 9.64 Å². The van der Waals surface area contributed by atoms with Gasteiger partial charge in [-0.25, -0.2) is 4.79 Å². The van der Waals surface area contributed by atoms with E-state index in [1.165, 1.54) is 12.0 Å². The molecule has 0 atom stereocenters. The molecule has 0 bridgehead atoms. The number of amides is 1. The second-order valence-corrected chi connectivity index (χ2v) is 3.25. The Kier molecular flexibility index (Phi) is 3.80. The van der Waals surface area contributed by atoms with Crippen LogP contribution in [0.3, 0.4) is 0 Å². The van der Waals surface area contributed by atoms with Gasteiger partial charge in [0.15, 0.2) is 0 Å². The molecule has 0 aromatic heterocycles. The first kappa shape index (κ1) is 11.7. The summed E-state index contributed by atoms with van der Waals surface area (Å²) in [5, 5.41) is 0.433. The van der Waals surface area contributed by atoms with Crippen molar-refractivity contribution in [1.82, 2.24) is 0 Å². The number of ether oxygens (including phenoxy) is 2. The Balaban J connectivity index is 3.00. The molecule has 1 aromatic carbocycles. The van der Waals surface area contributed by atoms with Crippen LogP contribution in [0.1, 0.15) is 0 Å². The first-order valence-electron chi connectivity index (χ1n) is 4.25. The molecule has 0 saturated carbocycles. The smallest absolute Gasteiger partial charge is 0.413 e. The van der Waals surface area contributed by atoms with Gasteiger partial charge < -0.3 is 9.47 Å². The number of nitrogens with zero attached hydrogens (tertiary/aromatic N) is 1. The van der Waals surface area contributed by atoms with Gasteiger partial charge in [-0.2, -0.15) is 0 Å². The van der Waals surface area contributed by atoms with Gasteiger partial charge >= 0.3 is 6.09 Å². The summed E-state index contributed by atoms with van der Waals surface area (Å²) in [5.74, 6) is 0.641. The molecule has 0 aliphatic rings. The van der Waals surface area contributed by atoms with Crippen LogP contribution in [-0.4, -0.2) is 27.4 Å². The fraction of sp³-hybridized carbons (Fsp3) is 0.300. The summed E-state index contributed by atoms with van der Waals surface area (Å²) in [6.07, 6.45) is -0.470. The number of anilines is 1. The van der Waals surface area contributed by atoms with Gasteiger partial charge in [-0.15, -0.1) is 0 Å². The minimum absolute atomic E-state index is 0.433. The lowest BCUT2D eigenvalue weighted by molar-refractivity contribution is 0.180. The maximum Gasteiger partial charge on any atom is 0.413 e. The zero-order valence-corrected chi connectivity index (χ0v) is 9.54. The Morgan fingerprint density at radius 3 is 2.53 bits per heavy atom. The first-order chi connectivity index (χ1) is 7.10. The van der Waals surface area contributed by atoms with Crippen molar-refractivity contribution < 1.29 is 14.3 Å². The molecule has 0 fully saturated rings. The predicted octanol–water partition coefficient (Wildman–Crippen LogP) is 2.55. The lowest BCUT2D eigenvalue weighted by Gasteiger charge is -2.17. The van der Waals surface area contributed by atoms with Gasteiger partial charge in [0, 0.05) is 13.1 Å². The maximum absolute atomic E-state index is 11.2. The van der Waals surface area contributed by atoms with Gasteiger partial charge in [-0.3, -0.25) is 4.90 Å². The van der Waals surface area contributed by atoms with Crippen LogP contribution in [0.4, 0.5) is 10.5 Å². The van der Waals surface area contributed by atoms with Crippen molar-refractivity contribution in [3.8, 4) is 5.75 Å². The van der Waals surface area contributed by atoms with E-state index in [0.29, 0.717) is 16.5 Å². The second kappa shape index (κ2) is 4.89. The van der Waals surface area contributed by atoms with Crippen LogP contribution in [-0.2, 0) is 4.74 Å². The van der Waals surface area contributed by atoms with Crippen LogP contribution in [0.15, 0.2) is 18.2 Å². The van der Waals surface area contributed by atoms with E-state index < -0.39 is 6.09 Å². The Hall–Kier alpha value is -1.42. The normalized spacial score (nSPS) is 9.60. The number of halogens is 1. The Morgan fingerprint density at radius 1 is 1.40 bits per heavy atom. The molecule has 15 heavy (non-hydrogen) atoms. The van der Waals surface area contributed by atoms with Crippen molar-refractivity contribution in [2.24, 2.45) is 0 Å². The lowest BCUT2D eigenvalue weighted by Crippen LogP contribution is -2.26. The number of hydrogen-bond acceptors (Lipinski definition) is 3. The van der Waals surface area contributed by atoms with Gasteiger partial charge in [0.1, 0.15) is 5.75 Å². The summed E-state index contributed by atoms with van der Waals surface area (Å²) >= 11 is 5.97. The van der Waals surface area contributed by atoms with Crippen molar-refractivity contribution in [1.29, 1.82) is 0 Å². The van der Waals surface area contributed by atoms with Gasteiger partial charge in [0.05, 0.1) is 24.9 Å². The number of carbonyl (C=O) groups excluding carboxylic acids is 1. The zero-order chi connectivity index (χ0) is 11.4. The molecule has 0 spiro atoms. The van der Waals surface area contributed by atoms with Gasteiger partial charge in [-0.1, -0.05) is 11.6 Å². The number of benzene rings is 1. The molecule has 1 aromatic rings. The molecule has 0 aliphatic heterocycles. The number of methoxy groups -OCH3 is 2. The fourth-order valence-electron chi connectivity index (χ4n) is 1.12. The fourth-order valence-corrected chi connectivity index (χ4v) is 1.42. The van der Waals surface area contributed by atoms with Crippen LogP contribution in [0.5, 0.6) is 5.75 Å². The second-order valence-electron chi connectivity index (χ2n) is 2.85. The molecule has 0 N–H and O–H groups in total. The molecule has 0 radical (unpaired) electrons. The summed E-state index contributed by atoms with van der Waals surface area (Å²) in [6.45, 7) is 0. The molecule has 5 heteroatoms. The molecule has 82 valence electrons. The van der Waals surface area contributed by atoms with E-state index >= 15 is 0 Å². The molecular formula is C10H12ClNO3. The maximum atomic E-state index is 11.2. The first-order valence-corrected chi connectivity index (χ1v) is 4.63. The third-order valence-electron chi connectivity index (χ3n) is 1.96. The van der Waals surface area contributed by atoms with Crippen molar-refractivity contribution in [3.63, 3.8) is 0 Å². The number of carbonyl (C=O) groups is 1. The molecule has 0 heterocycles. The van der Waals surface area contributed by atoms with E-state index in [1.807, 2.05) is 0 Å². The van der Waals surface area contributed by atoms with Crippen LogP contribution in [0.2, 0.25) is 5.02 Å². The standard InChI is InChI=1S/C10H12ClNO3/c1-12(10(13)15-3)9-5-4-7(14-2)6-8(9)11/h4-6H,1-3H3. The highest BCUT2D eigenvalue weighted by Gasteiger charge is 2.14. The van der Waals surface area contributed by atoms with E-state index in [0.717, 1.165) is 0 Å². The summed E-state index contributed by atoms with van der Waals surface area (Å²) in [5.41, 5.74) is 0.573. The highest BCUT2D eigenvalue weighted by atomic mass is 35.5. The Morgan fingerprint density at radius 2 is 2.07 bits per heavy atom. The van der Waals surface area contributed by atoms with E-state index in [4.69, 9.17) is 16.3 Å². The summed E-state index contributed by atoms with van der Waals surface area (Å²) < 4.78 is 9.57. The third kappa shape index (κ3) is 2.53. The Labute approximate surface area is 93.3 Å². The van der Waals surface area contributed by atoms with Crippen LogP contribution in [0, 0.1) is 0 Å². The van der Waals surface area contributed by atoms with E-state index in [-0.39, 0.29) is 0 Å². The van der Waals surface area contributed by atoms with Crippen molar-refractivity contribution in [3.05, 3.63) is 23.2 Å². The lowest BCUT2D eigenvalue weighted by atomic mass is 10.3. The van der Waals surface area contributed by atoms with Crippen molar-refractivity contribution in [2.45, 2.75) is 0 Å². The SMILES string of the molecule is COC(=O)N(C)c1ccc(OC)cc1Cl. The average molecular weight is 230 g/mol. The third-order valence-corrected chi connectivity index (χ3v) is 2.27. The quantitative estimate of drug-likeness (QED) is 0.782. The molecule has 4 nitrogen and oxygen atoms in total. The highest BCUT2D eigenvalue weighted by Crippen LogP contribution is 2.29. The molecular weight excluding hydrogens is 218 g/mol. The summed E-state index contributed by atoms with van der Waals surface area (Å²) in [7, 11) is 4.45. The van der Waals surface area contributed by atoms with Crippen molar-refractivity contribution >= 4 is 23.4 Å². The minimum atomic E-state index is -0.470. The van der Waals surface area contributed by atoms with Crippen LogP contribution >= 0.6 is 11.6 Å². The Bertz CT molecular complexity index is 368. The molecule has 1 amide bonds. The van der Waals surface area contributed by atoms with Gasteiger partial charge in [0.2, 0.25) is 0 Å². The van der Waals surface area contributed by atoms with Crippen LogP contribution in [0.25, 0.3) is 0 Å². The average Bonchev–Trinajstić information content (AvgIpc) is 2.26. The van der Waals surface area contributed by atoms with Gasteiger partial charge in [0.25, 0.3) is 0 Å². The molecule has 1 rings (SSSR count). The monoisotopic (exact) mass is 229 g/mol. The molecule has 0 aliphatic carbocycles. The van der Waals surface area contributed by atoms with E-state index in [9.17, 15) is 4.79 Å². The minimum Gasteiger partial charge on any atom is -0.497 e. The zero-order valence-electron chi connectivity index (χ0n) is 8.78. The number of rotatable bonds is 2. The number of hydrogen-bond donors (Lipinski definition) is 0.